The third-order valence-corrected chi connectivity index (χ3v) is 3.45. The molecule has 0 aliphatic rings. The van der Waals surface area contributed by atoms with Gasteiger partial charge in [-0.2, -0.15) is 0 Å². The van der Waals surface area contributed by atoms with E-state index in [-0.39, 0.29) is 24.5 Å². The first-order valence-electron chi connectivity index (χ1n) is 7.28. The van der Waals surface area contributed by atoms with E-state index in [0.29, 0.717) is 0 Å². The van der Waals surface area contributed by atoms with Crippen LogP contribution in [0.3, 0.4) is 0 Å². The van der Waals surface area contributed by atoms with Crippen molar-refractivity contribution in [2.45, 2.75) is 45.2 Å². The topological polar surface area (TPSA) is 85.2 Å². The summed E-state index contributed by atoms with van der Waals surface area (Å²) in [4.78, 5) is 17.6. The molecule has 1 aromatic heterocycles. The van der Waals surface area contributed by atoms with Crippen molar-refractivity contribution in [2.24, 2.45) is 11.5 Å². The van der Waals surface area contributed by atoms with Crippen LogP contribution in [-0.4, -0.2) is 34.9 Å². The molecule has 112 valence electrons. The summed E-state index contributed by atoms with van der Waals surface area (Å²) in [5, 5.41) is 0. The van der Waals surface area contributed by atoms with E-state index >= 15 is 0 Å². The van der Waals surface area contributed by atoms with Crippen LogP contribution < -0.4 is 11.5 Å². The van der Waals surface area contributed by atoms with Gasteiger partial charge in [0.1, 0.15) is 0 Å². The van der Waals surface area contributed by atoms with Gasteiger partial charge in [0.05, 0.1) is 12.6 Å². The van der Waals surface area contributed by atoms with E-state index < -0.39 is 0 Å². The number of carbonyl (C=O) groups is 1. The number of rotatable bonds is 9. The van der Waals surface area contributed by atoms with Gasteiger partial charge in [0.25, 0.3) is 0 Å². The first-order valence-corrected chi connectivity index (χ1v) is 7.28. The predicted molar refractivity (Wildman–Crippen MR) is 80.9 cm³/mol. The molecule has 5 heteroatoms. The summed E-state index contributed by atoms with van der Waals surface area (Å²) >= 11 is 0. The number of carbonyl (C=O) groups excluding carboxylic acids is 1. The summed E-state index contributed by atoms with van der Waals surface area (Å²) in [7, 11) is 0. The standard InChI is InChI=1S/C15H26N4O/c1-3-5-9-19(11-14(17)20)15(13(16)4-2)12-7-6-8-18-10-12/h6-8,10,13,15H,3-5,9,11,16H2,1-2H3,(H2,17,20). The summed E-state index contributed by atoms with van der Waals surface area (Å²) in [6, 6.07) is 3.84. The minimum atomic E-state index is -0.321. The van der Waals surface area contributed by atoms with Gasteiger partial charge in [-0.05, 0) is 31.0 Å². The van der Waals surface area contributed by atoms with E-state index in [1.807, 2.05) is 18.3 Å². The molecule has 0 bridgehead atoms. The first-order chi connectivity index (χ1) is 9.60. The van der Waals surface area contributed by atoms with Gasteiger partial charge in [0.2, 0.25) is 5.91 Å². The first kappa shape index (κ1) is 16.6. The van der Waals surface area contributed by atoms with Gasteiger partial charge >= 0.3 is 0 Å². The Bertz CT molecular complexity index is 396. The zero-order valence-corrected chi connectivity index (χ0v) is 12.5. The third-order valence-electron chi connectivity index (χ3n) is 3.45. The second-order valence-electron chi connectivity index (χ2n) is 5.09. The lowest BCUT2D eigenvalue weighted by molar-refractivity contribution is -0.119. The maximum atomic E-state index is 11.3. The van der Waals surface area contributed by atoms with Crippen LogP contribution in [0.2, 0.25) is 0 Å². The molecule has 0 aliphatic heterocycles. The molecule has 4 N–H and O–H groups in total. The molecule has 5 nitrogen and oxygen atoms in total. The number of hydrogen-bond acceptors (Lipinski definition) is 4. The molecule has 2 atom stereocenters. The highest BCUT2D eigenvalue weighted by Crippen LogP contribution is 2.24. The summed E-state index contributed by atoms with van der Waals surface area (Å²) in [5.74, 6) is -0.321. The zero-order chi connectivity index (χ0) is 15.0. The van der Waals surface area contributed by atoms with E-state index in [1.54, 1.807) is 6.20 Å². The molecule has 0 fully saturated rings. The maximum Gasteiger partial charge on any atom is 0.231 e. The average Bonchev–Trinajstić information content (AvgIpc) is 2.45. The highest BCUT2D eigenvalue weighted by Gasteiger charge is 2.26. The number of hydrogen-bond donors (Lipinski definition) is 2. The van der Waals surface area contributed by atoms with Gasteiger partial charge < -0.3 is 11.5 Å². The van der Waals surface area contributed by atoms with Crippen LogP contribution in [0, 0.1) is 0 Å². The Balaban J connectivity index is 3.00. The largest absolute Gasteiger partial charge is 0.369 e. The fourth-order valence-corrected chi connectivity index (χ4v) is 2.38. The van der Waals surface area contributed by atoms with Crippen LogP contribution in [0.15, 0.2) is 24.5 Å². The van der Waals surface area contributed by atoms with Crippen LogP contribution in [-0.2, 0) is 4.79 Å². The predicted octanol–water partition coefficient (Wildman–Crippen LogP) is 1.45. The van der Waals surface area contributed by atoms with E-state index in [4.69, 9.17) is 11.5 Å². The second-order valence-corrected chi connectivity index (χ2v) is 5.09. The molecule has 0 saturated carbocycles. The Morgan fingerprint density at radius 1 is 1.45 bits per heavy atom. The lowest BCUT2D eigenvalue weighted by Crippen LogP contribution is -2.45. The number of nitrogens with two attached hydrogens (primary N) is 2. The molecule has 0 radical (unpaired) electrons. The van der Waals surface area contributed by atoms with E-state index in [1.165, 1.54) is 0 Å². The molecule has 0 saturated heterocycles. The van der Waals surface area contributed by atoms with Crippen LogP contribution in [0.25, 0.3) is 0 Å². The molecular formula is C15H26N4O. The second kappa shape index (κ2) is 8.66. The van der Waals surface area contributed by atoms with Crippen molar-refractivity contribution in [3.05, 3.63) is 30.1 Å². The highest BCUT2D eigenvalue weighted by atomic mass is 16.1. The number of aromatic nitrogens is 1. The highest BCUT2D eigenvalue weighted by molar-refractivity contribution is 5.76. The number of unbranched alkanes of at least 4 members (excludes halogenated alkanes) is 1. The number of primary amides is 1. The summed E-state index contributed by atoms with van der Waals surface area (Å²) in [6.07, 6.45) is 6.47. The molecule has 1 amide bonds. The maximum absolute atomic E-state index is 11.3. The summed E-state index contributed by atoms with van der Waals surface area (Å²) in [6.45, 7) is 5.22. The van der Waals surface area contributed by atoms with Gasteiger partial charge in [-0.3, -0.25) is 14.7 Å². The Morgan fingerprint density at radius 3 is 2.70 bits per heavy atom. The van der Waals surface area contributed by atoms with Crippen molar-refractivity contribution in [3.63, 3.8) is 0 Å². The van der Waals surface area contributed by atoms with E-state index in [0.717, 1.165) is 31.4 Å². The molecule has 1 heterocycles. The van der Waals surface area contributed by atoms with Gasteiger partial charge in [-0.15, -0.1) is 0 Å². The van der Waals surface area contributed by atoms with E-state index in [2.05, 4.69) is 23.7 Å². The van der Waals surface area contributed by atoms with Crippen LogP contribution in [0.1, 0.15) is 44.7 Å². The molecule has 1 rings (SSSR count). The third kappa shape index (κ3) is 4.90. The molecule has 2 unspecified atom stereocenters. The summed E-state index contributed by atoms with van der Waals surface area (Å²) < 4.78 is 0. The van der Waals surface area contributed by atoms with Crippen molar-refractivity contribution in [1.82, 2.24) is 9.88 Å². The van der Waals surface area contributed by atoms with Crippen LogP contribution in [0.4, 0.5) is 0 Å². The van der Waals surface area contributed by atoms with E-state index in [9.17, 15) is 4.79 Å². The zero-order valence-electron chi connectivity index (χ0n) is 12.5. The Morgan fingerprint density at radius 2 is 2.20 bits per heavy atom. The molecule has 20 heavy (non-hydrogen) atoms. The van der Waals surface area contributed by atoms with Gasteiger partial charge in [0, 0.05) is 18.4 Å². The average molecular weight is 278 g/mol. The normalized spacial score (nSPS) is 14.2. The lowest BCUT2D eigenvalue weighted by atomic mass is 9.97. The van der Waals surface area contributed by atoms with Gasteiger partial charge in [-0.1, -0.05) is 26.3 Å². The number of amides is 1. The fraction of sp³-hybridized carbons (Fsp3) is 0.600. The monoisotopic (exact) mass is 278 g/mol. The number of pyridine rings is 1. The van der Waals surface area contributed by atoms with Crippen molar-refractivity contribution < 1.29 is 4.79 Å². The van der Waals surface area contributed by atoms with Gasteiger partial charge in [0.15, 0.2) is 0 Å². The van der Waals surface area contributed by atoms with Crippen LogP contribution in [0.5, 0.6) is 0 Å². The SMILES string of the molecule is CCCCN(CC(N)=O)C(c1cccnc1)C(N)CC. The smallest absolute Gasteiger partial charge is 0.231 e. The van der Waals surface area contributed by atoms with Crippen molar-refractivity contribution in [3.8, 4) is 0 Å². The minimum absolute atomic E-state index is 0.0206. The fourth-order valence-electron chi connectivity index (χ4n) is 2.38. The van der Waals surface area contributed by atoms with Crippen molar-refractivity contribution in [2.75, 3.05) is 13.1 Å². The minimum Gasteiger partial charge on any atom is -0.369 e. The van der Waals surface area contributed by atoms with Crippen molar-refractivity contribution >= 4 is 5.91 Å². The molecule has 1 aromatic rings. The van der Waals surface area contributed by atoms with Crippen molar-refractivity contribution in [1.29, 1.82) is 0 Å². The Labute approximate surface area is 121 Å². The Hall–Kier alpha value is -1.46. The van der Waals surface area contributed by atoms with Gasteiger partial charge in [-0.25, -0.2) is 0 Å². The number of nitrogens with zero attached hydrogens (tertiary/aromatic N) is 2. The summed E-state index contributed by atoms with van der Waals surface area (Å²) in [5.41, 5.74) is 12.7. The quantitative estimate of drug-likeness (QED) is 0.716. The lowest BCUT2D eigenvalue weighted by Gasteiger charge is -2.34. The molecule has 0 aromatic carbocycles. The molecule has 0 aliphatic carbocycles. The Kier molecular flexibility index (Phi) is 7.18. The molecule has 0 spiro atoms. The molecular weight excluding hydrogens is 252 g/mol. The van der Waals surface area contributed by atoms with Crippen LogP contribution >= 0.6 is 0 Å².